The van der Waals surface area contributed by atoms with Crippen LogP contribution in [-0.2, 0) is 6.42 Å². The number of benzene rings is 1. The van der Waals surface area contributed by atoms with Crippen molar-refractivity contribution in [3.63, 3.8) is 0 Å². The van der Waals surface area contributed by atoms with E-state index in [9.17, 15) is 0 Å². The lowest BCUT2D eigenvalue weighted by atomic mass is 10.2. The molecule has 3 aromatic rings. The number of hydrogen-bond donors (Lipinski definition) is 0. The molecule has 0 spiro atoms. The Balaban J connectivity index is 2.06. The zero-order valence-electron chi connectivity index (χ0n) is 11.7. The van der Waals surface area contributed by atoms with Gasteiger partial charge < -0.3 is 0 Å². The van der Waals surface area contributed by atoms with Crippen LogP contribution in [-0.4, -0.2) is 14.6 Å². The normalized spacial score (nSPS) is 11.0. The second kappa shape index (κ2) is 5.59. The van der Waals surface area contributed by atoms with Crippen LogP contribution in [0.4, 0.5) is 0 Å². The third-order valence-electron chi connectivity index (χ3n) is 3.34. The molecule has 1 aromatic carbocycles. The first-order chi connectivity index (χ1) is 10.3. The van der Waals surface area contributed by atoms with Gasteiger partial charge in [0.2, 0.25) is 0 Å². The van der Waals surface area contributed by atoms with Gasteiger partial charge in [0.15, 0.2) is 5.65 Å². The fourth-order valence-electron chi connectivity index (χ4n) is 2.28. The summed E-state index contributed by atoms with van der Waals surface area (Å²) in [5.74, 6) is 0. The minimum absolute atomic E-state index is 0.311. The van der Waals surface area contributed by atoms with Crippen molar-refractivity contribution in [3.05, 3.63) is 65.1 Å². The second-order valence-electron chi connectivity index (χ2n) is 4.74. The lowest BCUT2D eigenvalue weighted by molar-refractivity contribution is 0.874. The lowest BCUT2D eigenvalue weighted by Gasteiger charge is -1.99. The van der Waals surface area contributed by atoms with Gasteiger partial charge in [0.05, 0.1) is 23.9 Å². The van der Waals surface area contributed by atoms with Gasteiger partial charge in [-0.1, -0.05) is 42.5 Å². The first-order valence-electron chi connectivity index (χ1n) is 6.73. The Bertz CT molecular complexity index is 838. The van der Waals surface area contributed by atoms with Crippen LogP contribution in [0.1, 0.15) is 22.5 Å². The third kappa shape index (κ3) is 2.54. The molecular formula is C17H14N4. The molecule has 0 atom stereocenters. The van der Waals surface area contributed by atoms with Crippen LogP contribution in [0.25, 0.3) is 17.8 Å². The molecule has 0 bridgehead atoms. The Labute approximate surface area is 123 Å². The summed E-state index contributed by atoms with van der Waals surface area (Å²) < 4.78 is 1.75. The molecule has 0 aliphatic rings. The Hall–Kier alpha value is -2.93. The molecule has 21 heavy (non-hydrogen) atoms. The highest BCUT2D eigenvalue weighted by Crippen LogP contribution is 2.17. The molecule has 0 aliphatic carbocycles. The molecule has 0 N–H and O–H groups in total. The van der Waals surface area contributed by atoms with Gasteiger partial charge in [-0.05, 0) is 18.6 Å². The molecule has 2 heterocycles. The van der Waals surface area contributed by atoms with Gasteiger partial charge in [-0.15, -0.1) is 0 Å². The first-order valence-corrected chi connectivity index (χ1v) is 6.73. The standard InChI is InChI=1S/C17H14N4/c1-13-16(9-11-18)21-17(20-13)15(10-12-19-21)8-7-14-5-3-2-4-6-14/h2-8,10,12H,9H2,1H3/b8-7+. The molecular weight excluding hydrogens is 260 g/mol. The van der Waals surface area contributed by atoms with Crippen molar-refractivity contribution in [1.29, 1.82) is 5.26 Å². The van der Waals surface area contributed by atoms with E-state index < -0.39 is 0 Å². The molecule has 102 valence electrons. The van der Waals surface area contributed by atoms with Crippen LogP contribution in [0.3, 0.4) is 0 Å². The number of aryl methyl sites for hydroxylation is 1. The molecule has 0 saturated heterocycles. The van der Waals surface area contributed by atoms with Crippen molar-refractivity contribution < 1.29 is 0 Å². The van der Waals surface area contributed by atoms with Crippen LogP contribution in [0.2, 0.25) is 0 Å². The Morgan fingerprint density at radius 1 is 1.19 bits per heavy atom. The fourth-order valence-corrected chi connectivity index (χ4v) is 2.28. The largest absolute Gasteiger partial charge is 0.231 e. The maximum absolute atomic E-state index is 8.91. The van der Waals surface area contributed by atoms with Gasteiger partial charge in [-0.25, -0.2) is 9.50 Å². The van der Waals surface area contributed by atoms with Crippen LogP contribution in [0, 0.1) is 18.3 Å². The van der Waals surface area contributed by atoms with Crippen LogP contribution in [0.5, 0.6) is 0 Å². The highest BCUT2D eigenvalue weighted by atomic mass is 15.3. The van der Waals surface area contributed by atoms with Gasteiger partial charge in [0, 0.05) is 11.8 Å². The van der Waals surface area contributed by atoms with E-state index in [0.29, 0.717) is 6.42 Å². The van der Waals surface area contributed by atoms with Gasteiger partial charge in [-0.3, -0.25) is 0 Å². The molecule has 4 heteroatoms. The summed E-state index contributed by atoms with van der Waals surface area (Å²) in [6.07, 6.45) is 6.11. The summed E-state index contributed by atoms with van der Waals surface area (Å²) in [5.41, 5.74) is 4.61. The predicted molar refractivity (Wildman–Crippen MR) is 82.4 cm³/mol. The minimum atomic E-state index is 0.311. The van der Waals surface area contributed by atoms with Gasteiger partial charge >= 0.3 is 0 Å². The topological polar surface area (TPSA) is 54.0 Å². The predicted octanol–water partition coefficient (Wildman–Crippen LogP) is 3.27. The molecule has 3 rings (SSSR count). The molecule has 2 aromatic heterocycles. The van der Waals surface area contributed by atoms with Crippen molar-refractivity contribution in [2.45, 2.75) is 13.3 Å². The number of fused-ring (bicyclic) bond motifs is 1. The fraction of sp³-hybridized carbons (Fsp3) is 0.118. The Kier molecular flexibility index (Phi) is 3.48. The van der Waals surface area contributed by atoms with E-state index in [1.165, 1.54) is 0 Å². The molecule has 0 fully saturated rings. The van der Waals surface area contributed by atoms with E-state index >= 15 is 0 Å². The average Bonchev–Trinajstić information content (AvgIpc) is 2.83. The maximum atomic E-state index is 8.91. The molecule has 0 unspecified atom stereocenters. The summed E-state index contributed by atoms with van der Waals surface area (Å²) >= 11 is 0. The molecule has 0 radical (unpaired) electrons. The van der Waals surface area contributed by atoms with Gasteiger partial charge in [0.25, 0.3) is 0 Å². The molecule has 0 aliphatic heterocycles. The number of hydrogen-bond acceptors (Lipinski definition) is 3. The summed E-state index contributed by atoms with van der Waals surface area (Å²) in [4.78, 5) is 4.54. The SMILES string of the molecule is Cc1nc2c(/C=C/c3ccccc3)ccnn2c1CC#N. The van der Waals surface area contributed by atoms with E-state index in [0.717, 1.165) is 28.2 Å². The summed E-state index contributed by atoms with van der Waals surface area (Å²) in [6.45, 7) is 1.91. The zero-order chi connectivity index (χ0) is 14.7. The zero-order valence-corrected chi connectivity index (χ0v) is 11.7. The molecule has 0 saturated carbocycles. The van der Waals surface area contributed by atoms with E-state index in [1.54, 1.807) is 10.7 Å². The average molecular weight is 274 g/mol. The number of imidazole rings is 1. The van der Waals surface area contributed by atoms with Crippen molar-refractivity contribution in [3.8, 4) is 6.07 Å². The van der Waals surface area contributed by atoms with Crippen molar-refractivity contribution in [1.82, 2.24) is 14.6 Å². The molecule has 4 nitrogen and oxygen atoms in total. The van der Waals surface area contributed by atoms with Gasteiger partial charge in [0.1, 0.15) is 0 Å². The third-order valence-corrected chi connectivity index (χ3v) is 3.34. The highest BCUT2D eigenvalue weighted by molar-refractivity contribution is 5.76. The summed E-state index contributed by atoms with van der Waals surface area (Å²) in [6, 6.07) is 14.2. The van der Waals surface area contributed by atoms with E-state index in [-0.39, 0.29) is 0 Å². The second-order valence-corrected chi connectivity index (χ2v) is 4.74. The molecule has 0 amide bonds. The number of aromatic nitrogens is 3. The van der Waals surface area contributed by atoms with Crippen LogP contribution in [0.15, 0.2) is 42.6 Å². The number of nitrogens with zero attached hydrogens (tertiary/aromatic N) is 4. The summed E-state index contributed by atoms with van der Waals surface area (Å²) in [5, 5.41) is 13.2. The quantitative estimate of drug-likeness (QED) is 0.736. The number of nitriles is 1. The lowest BCUT2D eigenvalue weighted by Crippen LogP contribution is -1.98. The Morgan fingerprint density at radius 2 is 2.00 bits per heavy atom. The monoisotopic (exact) mass is 274 g/mol. The first kappa shape index (κ1) is 13.1. The van der Waals surface area contributed by atoms with Crippen molar-refractivity contribution in [2.24, 2.45) is 0 Å². The van der Waals surface area contributed by atoms with E-state index in [2.05, 4.69) is 16.2 Å². The number of rotatable bonds is 3. The summed E-state index contributed by atoms with van der Waals surface area (Å²) in [7, 11) is 0. The van der Waals surface area contributed by atoms with Crippen LogP contribution < -0.4 is 0 Å². The van der Waals surface area contributed by atoms with E-state index in [4.69, 9.17) is 5.26 Å². The van der Waals surface area contributed by atoms with E-state index in [1.807, 2.05) is 55.5 Å². The highest BCUT2D eigenvalue weighted by Gasteiger charge is 2.11. The van der Waals surface area contributed by atoms with Crippen LogP contribution >= 0.6 is 0 Å². The minimum Gasteiger partial charge on any atom is -0.231 e. The van der Waals surface area contributed by atoms with Crippen molar-refractivity contribution >= 4 is 17.8 Å². The van der Waals surface area contributed by atoms with Gasteiger partial charge in [-0.2, -0.15) is 10.4 Å². The smallest absolute Gasteiger partial charge is 0.161 e. The maximum Gasteiger partial charge on any atom is 0.161 e. The van der Waals surface area contributed by atoms with Crippen molar-refractivity contribution in [2.75, 3.05) is 0 Å². The Morgan fingerprint density at radius 3 is 2.76 bits per heavy atom.